The molecule has 6 heteroatoms. The molecule has 0 bridgehead atoms. The molecule has 1 heterocycles. The number of nitrogens with one attached hydrogen (secondary N) is 2. The molecule has 2 aliphatic rings. The van der Waals surface area contributed by atoms with Crippen molar-refractivity contribution in [2.45, 2.75) is 35.9 Å². The molecule has 1 unspecified atom stereocenters. The Morgan fingerprint density at radius 2 is 1.84 bits per heavy atom. The summed E-state index contributed by atoms with van der Waals surface area (Å²) < 4.78 is 22.8. The van der Waals surface area contributed by atoms with Crippen LogP contribution in [-0.2, 0) is 14.6 Å². The zero-order valence-electron chi connectivity index (χ0n) is 10.6. The lowest BCUT2D eigenvalue weighted by atomic mass is 9.85. The third kappa shape index (κ3) is 2.15. The Kier molecular flexibility index (Phi) is 2.69. The topological polar surface area (TPSA) is 75.3 Å². The summed E-state index contributed by atoms with van der Waals surface area (Å²) in [6.07, 6.45) is 4.20. The fraction of sp³-hybridized carbons (Fsp3) is 0.462. The molecular weight excluding hydrogens is 264 g/mol. The van der Waals surface area contributed by atoms with Crippen molar-refractivity contribution < 1.29 is 13.2 Å². The van der Waals surface area contributed by atoms with E-state index in [1.807, 2.05) is 0 Å². The van der Waals surface area contributed by atoms with Crippen molar-refractivity contribution in [2.75, 3.05) is 6.26 Å². The van der Waals surface area contributed by atoms with Gasteiger partial charge in [-0.05, 0) is 37.0 Å². The van der Waals surface area contributed by atoms with E-state index in [-0.39, 0.29) is 22.5 Å². The summed E-state index contributed by atoms with van der Waals surface area (Å²) >= 11 is 0. The van der Waals surface area contributed by atoms with E-state index >= 15 is 0 Å². The SMILES string of the molecule is CS(=O)(=O)c1ccc(C2NC3(CCC3)NC2=O)cc1. The minimum atomic E-state index is -3.19. The monoisotopic (exact) mass is 280 g/mol. The van der Waals surface area contributed by atoms with E-state index in [0.29, 0.717) is 0 Å². The van der Waals surface area contributed by atoms with E-state index in [0.717, 1.165) is 24.8 Å². The van der Waals surface area contributed by atoms with Crippen LogP contribution in [0.4, 0.5) is 0 Å². The first kappa shape index (κ1) is 12.6. The number of rotatable bonds is 2. The van der Waals surface area contributed by atoms with Crippen LogP contribution in [0.3, 0.4) is 0 Å². The summed E-state index contributed by atoms with van der Waals surface area (Å²) in [5, 5.41) is 6.31. The van der Waals surface area contributed by atoms with Gasteiger partial charge in [-0.3, -0.25) is 10.1 Å². The van der Waals surface area contributed by atoms with Crippen molar-refractivity contribution in [2.24, 2.45) is 0 Å². The number of amides is 1. The van der Waals surface area contributed by atoms with Gasteiger partial charge in [-0.25, -0.2) is 8.42 Å². The molecule has 1 aliphatic heterocycles. The van der Waals surface area contributed by atoms with Crippen molar-refractivity contribution in [3.8, 4) is 0 Å². The maximum Gasteiger partial charge on any atom is 0.243 e. The standard InChI is InChI=1S/C13H16N2O3S/c1-19(17,18)10-5-3-9(4-6-10)11-12(16)15-13(14-11)7-2-8-13/h3-6,11,14H,2,7-8H2,1H3,(H,15,16). The van der Waals surface area contributed by atoms with Crippen LogP contribution in [0.15, 0.2) is 29.2 Å². The molecule has 2 N–H and O–H groups in total. The second kappa shape index (κ2) is 4.05. The van der Waals surface area contributed by atoms with Crippen LogP contribution >= 0.6 is 0 Å². The molecule has 102 valence electrons. The lowest BCUT2D eigenvalue weighted by Crippen LogP contribution is -2.55. The van der Waals surface area contributed by atoms with Crippen molar-refractivity contribution in [1.29, 1.82) is 0 Å². The molecule has 1 aromatic rings. The van der Waals surface area contributed by atoms with Crippen LogP contribution < -0.4 is 10.6 Å². The molecule has 1 atom stereocenters. The zero-order valence-corrected chi connectivity index (χ0v) is 11.5. The molecule has 19 heavy (non-hydrogen) atoms. The summed E-state index contributed by atoms with van der Waals surface area (Å²) in [5.41, 5.74) is 0.575. The molecule has 1 saturated heterocycles. The molecule has 2 fully saturated rings. The fourth-order valence-electron chi connectivity index (χ4n) is 2.63. The van der Waals surface area contributed by atoms with Gasteiger partial charge in [-0.1, -0.05) is 12.1 Å². The fourth-order valence-corrected chi connectivity index (χ4v) is 3.26. The van der Waals surface area contributed by atoms with Gasteiger partial charge < -0.3 is 5.32 Å². The van der Waals surface area contributed by atoms with Crippen molar-refractivity contribution in [1.82, 2.24) is 10.6 Å². The summed E-state index contributed by atoms with van der Waals surface area (Å²) in [4.78, 5) is 12.2. The van der Waals surface area contributed by atoms with Gasteiger partial charge in [-0.15, -0.1) is 0 Å². The lowest BCUT2D eigenvalue weighted by Gasteiger charge is -2.38. The van der Waals surface area contributed by atoms with Crippen LogP contribution in [0.5, 0.6) is 0 Å². The highest BCUT2D eigenvalue weighted by Gasteiger charge is 2.47. The maximum atomic E-state index is 12.0. The summed E-state index contributed by atoms with van der Waals surface area (Å²) in [6.45, 7) is 0. The van der Waals surface area contributed by atoms with Crippen molar-refractivity contribution >= 4 is 15.7 Å². The van der Waals surface area contributed by atoms with E-state index < -0.39 is 9.84 Å². The molecule has 1 aliphatic carbocycles. The molecule has 1 saturated carbocycles. The molecular formula is C13H16N2O3S. The summed E-state index contributed by atoms with van der Waals surface area (Å²) in [7, 11) is -3.19. The molecule has 1 aromatic carbocycles. The third-order valence-corrected chi connectivity index (χ3v) is 5.02. The Morgan fingerprint density at radius 1 is 1.21 bits per heavy atom. The van der Waals surface area contributed by atoms with Gasteiger partial charge in [-0.2, -0.15) is 0 Å². The van der Waals surface area contributed by atoms with Gasteiger partial charge in [0.1, 0.15) is 6.04 Å². The van der Waals surface area contributed by atoms with E-state index in [4.69, 9.17) is 0 Å². The van der Waals surface area contributed by atoms with Gasteiger partial charge in [0.2, 0.25) is 5.91 Å². The summed E-state index contributed by atoms with van der Waals surface area (Å²) in [5.74, 6) is -0.0354. The van der Waals surface area contributed by atoms with Crippen LogP contribution in [0, 0.1) is 0 Å². The van der Waals surface area contributed by atoms with Crippen LogP contribution in [0.1, 0.15) is 30.9 Å². The Hall–Kier alpha value is -1.40. The molecule has 1 amide bonds. The number of hydrogen-bond donors (Lipinski definition) is 2. The Labute approximate surface area is 112 Å². The van der Waals surface area contributed by atoms with Gasteiger partial charge in [0, 0.05) is 6.26 Å². The Morgan fingerprint density at radius 3 is 2.26 bits per heavy atom. The van der Waals surface area contributed by atoms with E-state index in [1.165, 1.54) is 6.26 Å². The number of sulfone groups is 1. The first-order valence-electron chi connectivity index (χ1n) is 6.29. The second-order valence-corrected chi connectivity index (χ2v) is 7.36. The molecule has 0 aromatic heterocycles. The lowest BCUT2D eigenvalue weighted by molar-refractivity contribution is -0.121. The Bertz CT molecular complexity index is 618. The highest BCUT2D eigenvalue weighted by molar-refractivity contribution is 7.90. The molecule has 5 nitrogen and oxygen atoms in total. The minimum Gasteiger partial charge on any atom is -0.336 e. The Balaban J connectivity index is 1.85. The van der Waals surface area contributed by atoms with E-state index in [9.17, 15) is 13.2 Å². The van der Waals surface area contributed by atoms with Crippen LogP contribution in [-0.4, -0.2) is 26.2 Å². The number of hydrogen-bond acceptors (Lipinski definition) is 4. The average molecular weight is 280 g/mol. The van der Waals surface area contributed by atoms with Gasteiger partial charge in [0.15, 0.2) is 9.84 Å². The summed E-state index contributed by atoms with van der Waals surface area (Å²) in [6, 6.07) is 6.11. The van der Waals surface area contributed by atoms with Gasteiger partial charge >= 0.3 is 0 Å². The molecule has 0 radical (unpaired) electrons. The quantitative estimate of drug-likeness (QED) is 0.837. The number of benzene rings is 1. The number of carbonyl (C=O) groups is 1. The second-order valence-electron chi connectivity index (χ2n) is 5.34. The largest absolute Gasteiger partial charge is 0.336 e. The minimum absolute atomic E-state index is 0.0354. The van der Waals surface area contributed by atoms with Crippen LogP contribution in [0.25, 0.3) is 0 Å². The van der Waals surface area contributed by atoms with E-state index in [2.05, 4.69) is 10.6 Å². The predicted octanol–water partition coefficient (Wildman–Crippen LogP) is 0.731. The average Bonchev–Trinajstić information content (AvgIpc) is 2.66. The third-order valence-electron chi connectivity index (χ3n) is 3.89. The highest BCUT2D eigenvalue weighted by Crippen LogP contribution is 2.36. The van der Waals surface area contributed by atoms with Crippen molar-refractivity contribution in [3.05, 3.63) is 29.8 Å². The van der Waals surface area contributed by atoms with Crippen molar-refractivity contribution in [3.63, 3.8) is 0 Å². The number of carbonyl (C=O) groups excluding carboxylic acids is 1. The first-order valence-corrected chi connectivity index (χ1v) is 8.19. The van der Waals surface area contributed by atoms with Crippen LogP contribution in [0.2, 0.25) is 0 Å². The van der Waals surface area contributed by atoms with Gasteiger partial charge in [0.05, 0.1) is 10.6 Å². The normalized spacial score (nSPS) is 25.1. The first-order chi connectivity index (χ1) is 8.90. The van der Waals surface area contributed by atoms with Gasteiger partial charge in [0.25, 0.3) is 0 Å². The highest BCUT2D eigenvalue weighted by atomic mass is 32.2. The smallest absolute Gasteiger partial charge is 0.243 e. The van der Waals surface area contributed by atoms with E-state index in [1.54, 1.807) is 24.3 Å². The molecule has 1 spiro atoms. The zero-order chi connectivity index (χ0) is 13.7. The maximum absolute atomic E-state index is 12.0. The molecule has 3 rings (SSSR count). The predicted molar refractivity (Wildman–Crippen MR) is 70.2 cm³/mol.